The van der Waals surface area contributed by atoms with Crippen molar-refractivity contribution >= 4 is 18.2 Å². The van der Waals surface area contributed by atoms with Crippen LogP contribution < -0.4 is 11.0 Å². The SMILES string of the molecule is COC(=O)C1=C(C(=O)OC)NNN=C1. The molecule has 0 spiro atoms. The maximum atomic E-state index is 11.2. The van der Waals surface area contributed by atoms with Crippen LogP contribution in [-0.4, -0.2) is 32.4 Å². The van der Waals surface area contributed by atoms with Crippen molar-refractivity contribution in [1.82, 2.24) is 11.0 Å². The molecule has 1 rings (SSSR count). The Kier molecular flexibility index (Phi) is 3.05. The minimum absolute atomic E-state index is 0.0121. The molecule has 0 radical (unpaired) electrons. The predicted octanol–water partition coefficient (Wildman–Crippen LogP) is -1.32. The lowest BCUT2D eigenvalue weighted by Gasteiger charge is -2.14. The van der Waals surface area contributed by atoms with Crippen LogP contribution in [0.25, 0.3) is 0 Å². The summed E-state index contributed by atoms with van der Waals surface area (Å²) in [4.78, 5) is 22.3. The summed E-state index contributed by atoms with van der Waals surface area (Å²) in [6.45, 7) is 0. The van der Waals surface area contributed by atoms with Crippen molar-refractivity contribution in [2.24, 2.45) is 5.10 Å². The van der Waals surface area contributed by atoms with E-state index in [-0.39, 0.29) is 11.3 Å². The third kappa shape index (κ3) is 1.82. The van der Waals surface area contributed by atoms with Gasteiger partial charge in [0.1, 0.15) is 5.57 Å². The Labute approximate surface area is 79.7 Å². The van der Waals surface area contributed by atoms with Crippen molar-refractivity contribution in [3.8, 4) is 0 Å². The van der Waals surface area contributed by atoms with E-state index in [0.29, 0.717) is 0 Å². The fourth-order valence-electron chi connectivity index (χ4n) is 0.845. The molecular weight excluding hydrogens is 190 g/mol. The minimum atomic E-state index is -0.677. The first-order valence-electron chi connectivity index (χ1n) is 3.65. The first kappa shape index (κ1) is 10.0. The lowest BCUT2D eigenvalue weighted by atomic mass is 10.2. The fourth-order valence-corrected chi connectivity index (χ4v) is 0.845. The molecular formula is C7H9N3O4. The lowest BCUT2D eigenvalue weighted by Crippen LogP contribution is -2.37. The van der Waals surface area contributed by atoms with Crippen molar-refractivity contribution in [3.05, 3.63) is 11.3 Å². The van der Waals surface area contributed by atoms with Crippen molar-refractivity contribution < 1.29 is 19.1 Å². The maximum absolute atomic E-state index is 11.2. The average Bonchev–Trinajstić information content (AvgIpc) is 2.27. The van der Waals surface area contributed by atoms with Gasteiger partial charge in [-0.2, -0.15) is 5.10 Å². The Bertz CT molecular complexity index is 321. The van der Waals surface area contributed by atoms with Crippen LogP contribution in [-0.2, 0) is 19.1 Å². The Morgan fingerprint density at radius 1 is 1.29 bits per heavy atom. The molecule has 76 valence electrons. The van der Waals surface area contributed by atoms with E-state index in [9.17, 15) is 9.59 Å². The van der Waals surface area contributed by atoms with Gasteiger partial charge in [0.2, 0.25) is 0 Å². The van der Waals surface area contributed by atoms with Crippen LogP contribution in [0.1, 0.15) is 0 Å². The van der Waals surface area contributed by atoms with Crippen LogP contribution in [0, 0.1) is 0 Å². The van der Waals surface area contributed by atoms with Crippen LogP contribution in [0.3, 0.4) is 0 Å². The highest BCUT2D eigenvalue weighted by atomic mass is 16.5. The van der Waals surface area contributed by atoms with Gasteiger partial charge in [0.25, 0.3) is 0 Å². The second-order valence-electron chi connectivity index (χ2n) is 2.27. The molecule has 0 fully saturated rings. The van der Waals surface area contributed by atoms with Gasteiger partial charge in [-0.1, -0.05) is 0 Å². The highest BCUT2D eigenvalue weighted by Gasteiger charge is 2.23. The van der Waals surface area contributed by atoms with E-state index in [1.807, 2.05) is 0 Å². The number of hydrogen-bond donors (Lipinski definition) is 2. The molecule has 0 aromatic carbocycles. The molecule has 1 aliphatic rings. The number of hydrogen-bond acceptors (Lipinski definition) is 7. The number of methoxy groups -OCH3 is 2. The summed E-state index contributed by atoms with van der Waals surface area (Å²) in [7, 11) is 2.41. The molecule has 0 bridgehead atoms. The molecule has 0 aromatic heterocycles. The van der Waals surface area contributed by atoms with Crippen LogP contribution in [0.15, 0.2) is 16.4 Å². The fraction of sp³-hybridized carbons (Fsp3) is 0.286. The third-order valence-electron chi connectivity index (χ3n) is 1.50. The average molecular weight is 199 g/mol. The monoisotopic (exact) mass is 199 g/mol. The van der Waals surface area contributed by atoms with Gasteiger partial charge in [-0.15, -0.1) is 0 Å². The van der Waals surface area contributed by atoms with E-state index in [1.165, 1.54) is 20.4 Å². The number of ether oxygens (including phenoxy) is 2. The van der Waals surface area contributed by atoms with Gasteiger partial charge in [-0.3, -0.25) is 5.43 Å². The molecule has 7 heteroatoms. The van der Waals surface area contributed by atoms with Gasteiger partial charge in [-0.25, -0.2) is 15.1 Å². The van der Waals surface area contributed by atoms with Crippen molar-refractivity contribution in [2.75, 3.05) is 14.2 Å². The van der Waals surface area contributed by atoms with Crippen molar-refractivity contribution in [3.63, 3.8) is 0 Å². The zero-order valence-corrected chi connectivity index (χ0v) is 7.66. The number of nitrogens with zero attached hydrogens (tertiary/aromatic N) is 1. The second-order valence-corrected chi connectivity index (χ2v) is 2.27. The Hall–Kier alpha value is -2.05. The van der Waals surface area contributed by atoms with E-state index < -0.39 is 11.9 Å². The predicted molar refractivity (Wildman–Crippen MR) is 45.8 cm³/mol. The molecule has 0 saturated carbocycles. The number of nitrogens with one attached hydrogen (secondary N) is 2. The lowest BCUT2D eigenvalue weighted by molar-refractivity contribution is -0.139. The Morgan fingerprint density at radius 2 is 1.93 bits per heavy atom. The number of rotatable bonds is 2. The van der Waals surface area contributed by atoms with Crippen molar-refractivity contribution in [2.45, 2.75) is 0 Å². The topological polar surface area (TPSA) is 89.0 Å². The normalized spacial score (nSPS) is 14.1. The summed E-state index contributed by atoms with van der Waals surface area (Å²) in [5.74, 6) is -1.34. The van der Waals surface area contributed by atoms with Gasteiger partial charge < -0.3 is 9.47 Å². The Morgan fingerprint density at radius 3 is 2.50 bits per heavy atom. The molecule has 0 amide bonds. The van der Waals surface area contributed by atoms with E-state index >= 15 is 0 Å². The maximum Gasteiger partial charge on any atom is 0.356 e. The molecule has 0 unspecified atom stereocenters. The summed E-state index contributed by atoms with van der Waals surface area (Å²) in [6.07, 6.45) is 1.18. The molecule has 2 N–H and O–H groups in total. The van der Waals surface area contributed by atoms with Gasteiger partial charge in [0, 0.05) is 0 Å². The molecule has 1 aliphatic heterocycles. The number of carbonyl (C=O) groups excluding carboxylic acids is 2. The molecule has 0 saturated heterocycles. The third-order valence-corrected chi connectivity index (χ3v) is 1.50. The van der Waals surface area contributed by atoms with Crippen LogP contribution >= 0.6 is 0 Å². The van der Waals surface area contributed by atoms with Gasteiger partial charge in [0.05, 0.1) is 20.4 Å². The summed E-state index contributed by atoms with van der Waals surface area (Å²) in [5, 5.41) is 3.54. The number of esters is 2. The summed E-state index contributed by atoms with van der Waals surface area (Å²) in [5.41, 5.74) is 4.68. The molecule has 0 aliphatic carbocycles. The molecule has 1 heterocycles. The van der Waals surface area contributed by atoms with Crippen LogP contribution in [0.5, 0.6) is 0 Å². The van der Waals surface area contributed by atoms with Gasteiger partial charge >= 0.3 is 11.9 Å². The Balaban J connectivity index is 3.03. The molecule has 14 heavy (non-hydrogen) atoms. The number of hydrazine groups is 1. The second kappa shape index (κ2) is 4.26. The van der Waals surface area contributed by atoms with Crippen LogP contribution in [0.2, 0.25) is 0 Å². The standard InChI is InChI=1S/C7H9N3O4/c1-13-6(11)4-3-8-10-9-5(4)7(12)14-2/h3,9-10H,1-2H3. The number of carbonyl (C=O) groups is 2. The minimum Gasteiger partial charge on any atom is -0.465 e. The number of hydrazone groups is 1. The molecule has 7 nitrogen and oxygen atoms in total. The summed E-state index contributed by atoms with van der Waals surface area (Å²) >= 11 is 0. The van der Waals surface area contributed by atoms with E-state index in [2.05, 4.69) is 25.5 Å². The first-order valence-corrected chi connectivity index (χ1v) is 3.65. The van der Waals surface area contributed by atoms with E-state index in [1.54, 1.807) is 0 Å². The highest BCUT2D eigenvalue weighted by Crippen LogP contribution is 2.05. The van der Waals surface area contributed by atoms with Gasteiger partial charge in [0.15, 0.2) is 5.70 Å². The highest BCUT2D eigenvalue weighted by molar-refractivity contribution is 6.15. The van der Waals surface area contributed by atoms with E-state index in [4.69, 9.17) is 0 Å². The smallest absolute Gasteiger partial charge is 0.356 e. The van der Waals surface area contributed by atoms with Crippen LogP contribution in [0.4, 0.5) is 0 Å². The molecule has 0 aromatic rings. The zero-order chi connectivity index (χ0) is 10.6. The largest absolute Gasteiger partial charge is 0.465 e. The molecule has 0 atom stereocenters. The summed E-state index contributed by atoms with van der Waals surface area (Å²) in [6, 6.07) is 0. The van der Waals surface area contributed by atoms with E-state index in [0.717, 1.165) is 0 Å². The quantitative estimate of drug-likeness (QED) is 0.536. The van der Waals surface area contributed by atoms with Gasteiger partial charge in [-0.05, 0) is 0 Å². The zero-order valence-electron chi connectivity index (χ0n) is 7.66. The van der Waals surface area contributed by atoms with Crippen molar-refractivity contribution in [1.29, 1.82) is 0 Å². The first-order chi connectivity index (χ1) is 6.70. The summed E-state index contributed by atoms with van der Waals surface area (Å²) < 4.78 is 8.90.